The summed E-state index contributed by atoms with van der Waals surface area (Å²) in [6.07, 6.45) is -3.39. The van der Waals surface area contributed by atoms with Gasteiger partial charge in [-0.2, -0.15) is 0 Å². The van der Waals surface area contributed by atoms with Gasteiger partial charge in [0.2, 0.25) is 0 Å². The SMILES string of the molecule is C[C@@H]1[C@@H](O)[C@@H](C)C(=O)[C@@H](C)[C@@H](O)[C@H](C)C(=O)O[C@@H]1c1cc(O)cc(O)c1. The van der Waals surface area contributed by atoms with Crippen LogP contribution in [-0.2, 0) is 14.3 Å². The van der Waals surface area contributed by atoms with Crippen molar-refractivity contribution in [2.45, 2.75) is 46.0 Å². The Morgan fingerprint density at radius 2 is 1.31 bits per heavy atom. The van der Waals surface area contributed by atoms with Gasteiger partial charge < -0.3 is 25.2 Å². The van der Waals surface area contributed by atoms with Gasteiger partial charge in [0.05, 0.1) is 18.1 Å². The van der Waals surface area contributed by atoms with Crippen LogP contribution in [0.3, 0.4) is 0 Å². The summed E-state index contributed by atoms with van der Waals surface area (Å²) in [5, 5.41) is 40.5. The van der Waals surface area contributed by atoms with Gasteiger partial charge in [0.15, 0.2) is 0 Å². The first kappa shape index (κ1) is 20.2. The number of cyclic esters (lactones) is 1. The van der Waals surface area contributed by atoms with Gasteiger partial charge >= 0.3 is 5.97 Å². The van der Waals surface area contributed by atoms with Crippen LogP contribution in [0.1, 0.15) is 39.4 Å². The number of phenols is 2. The molecule has 0 unspecified atom stereocenters. The minimum Gasteiger partial charge on any atom is -0.508 e. The zero-order valence-corrected chi connectivity index (χ0v) is 15.3. The summed E-state index contributed by atoms with van der Waals surface area (Å²) >= 11 is 0. The van der Waals surface area contributed by atoms with E-state index < -0.39 is 48.0 Å². The number of ether oxygens (including phenoxy) is 1. The largest absolute Gasteiger partial charge is 0.508 e. The predicted octanol–water partition coefficient (Wildman–Crippen LogP) is 1.53. The van der Waals surface area contributed by atoms with Crippen molar-refractivity contribution in [1.29, 1.82) is 0 Å². The van der Waals surface area contributed by atoms with Crippen molar-refractivity contribution >= 4 is 11.8 Å². The van der Waals surface area contributed by atoms with Crippen LogP contribution in [-0.4, -0.2) is 44.4 Å². The highest BCUT2D eigenvalue weighted by Gasteiger charge is 2.42. The number of rotatable bonds is 1. The molecule has 1 fully saturated rings. The molecule has 7 atom stereocenters. The number of hydrogen-bond donors (Lipinski definition) is 4. The van der Waals surface area contributed by atoms with Gasteiger partial charge in [-0.1, -0.05) is 20.8 Å². The molecule has 1 aromatic carbocycles. The number of aromatic hydroxyl groups is 2. The Morgan fingerprint density at radius 1 is 0.808 bits per heavy atom. The van der Waals surface area contributed by atoms with E-state index in [1.807, 2.05) is 0 Å². The molecule has 0 spiro atoms. The number of benzene rings is 1. The predicted molar refractivity (Wildman–Crippen MR) is 92.3 cm³/mol. The number of esters is 1. The number of carbonyl (C=O) groups excluding carboxylic acids is 2. The second kappa shape index (κ2) is 7.63. The van der Waals surface area contributed by atoms with Crippen LogP contribution < -0.4 is 0 Å². The molecule has 2 rings (SSSR count). The molecule has 0 amide bonds. The lowest BCUT2D eigenvalue weighted by atomic mass is 9.78. The van der Waals surface area contributed by atoms with Crippen molar-refractivity contribution in [1.82, 2.24) is 0 Å². The Kier molecular flexibility index (Phi) is 5.93. The standard InChI is InChI=1S/C19H26O7/c1-8-15(22)9(2)17(24)11(4)19(25)26-18(10(3)16(8)23)12-5-13(20)7-14(21)6-12/h5-11,16-18,20-21,23-24H,1-4H3/t8-,9+,10+,11-,16-,17+,18-/m0/s1. The molecule has 0 bridgehead atoms. The first-order valence-corrected chi connectivity index (χ1v) is 8.67. The van der Waals surface area contributed by atoms with Crippen LogP contribution >= 0.6 is 0 Å². The lowest BCUT2D eigenvalue weighted by Crippen LogP contribution is -2.45. The highest BCUT2D eigenvalue weighted by atomic mass is 16.5. The Morgan fingerprint density at radius 3 is 1.85 bits per heavy atom. The third-order valence-electron chi connectivity index (χ3n) is 5.32. The van der Waals surface area contributed by atoms with E-state index in [4.69, 9.17) is 4.74 Å². The number of carbonyl (C=O) groups is 2. The summed E-state index contributed by atoms with van der Waals surface area (Å²) in [7, 11) is 0. The van der Waals surface area contributed by atoms with Crippen LogP contribution in [0.4, 0.5) is 0 Å². The number of hydrogen-bond acceptors (Lipinski definition) is 7. The molecule has 26 heavy (non-hydrogen) atoms. The molecule has 144 valence electrons. The monoisotopic (exact) mass is 366 g/mol. The second-order valence-electron chi connectivity index (χ2n) is 7.25. The molecule has 1 aliphatic rings. The number of aliphatic hydroxyl groups excluding tert-OH is 2. The molecule has 0 saturated carbocycles. The van der Waals surface area contributed by atoms with Crippen molar-refractivity contribution in [3.05, 3.63) is 23.8 Å². The van der Waals surface area contributed by atoms with E-state index in [-0.39, 0.29) is 22.8 Å². The van der Waals surface area contributed by atoms with Gasteiger partial charge in [0, 0.05) is 29.4 Å². The highest BCUT2D eigenvalue weighted by Crippen LogP contribution is 2.37. The summed E-state index contributed by atoms with van der Waals surface area (Å²) in [5.41, 5.74) is 0.289. The average Bonchev–Trinajstić information content (AvgIpc) is 2.59. The molecule has 1 aliphatic heterocycles. The topological polar surface area (TPSA) is 124 Å². The molecular weight excluding hydrogens is 340 g/mol. The van der Waals surface area contributed by atoms with Gasteiger partial charge in [-0.3, -0.25) is 9.59 Å². The van der Waals surface area contributed by atoms with E-state index in [0.29, 0.717) is 0 Å². The highest BCUT2D eigenvalue weighted by molar-refractivity contribution is 5.85. The second-order valence-corrected chi connectivity index (χ2v) is 7.25. The maximum atomic E-state index is 12.6. The summed E-state index contributed by atoms with van der Waals surface area (Å²) < 4.78 is 5.53. The smallest absolute Gasteiger partial charge is 0.311 e. The zero-order valence-electron chi connectivity index (χ0n) is 15.3. The molecule has 0 aromatic heterocycles. The van der Waals surface area contributed by atoms with Gasteiger partial charge in [-0.25, -0.2) is 0 Å². The summed E-state index contributed by atoms with van der Waals surface area (Å²) in [5.74, 6) is -4.75. The van der Waals surface area contributed by atoms with E-state index in [1.54, 1.807) is 13.8 Å². The number of Topliss-reactive ketones (excluding diaryl/α,β-unsaturated/α-hetero) is 1. The van der Waals surface area contributed by atoms with Crippen LogP contribution in [0.5, 0.6) is 11.5 Å². The van der Waals surface area contributed by atoms with E-state index in [0.717, 1.165) is 6.07 Å². The molecule has 4 N–H and O–H groups in total. The first-order chi connectivity index (χ1) is 12.0. The van der Waals surface area contributed by atoms with Gasteiger partial charge in [-0.15, -0.1) is 0 Å². The van der Waals surface area contributed by atoms with Crippen molar-refractivity contribution in [3.8, 4) is 11.5 Å². The molecule has 0 aliphatic carbocycles. The lowest BCUT2D eigenvalue weighted by Gasteiger charge is -2.35. The molecule has 7 nitrogen and oxygen atoms in total. The molecule has 7 heteroatoms. The fourth-order valence-corrected chi connectivity index (χ4v) is 3.45. The number of ketones is 1. The van der Waals surface area contributed by atoms with Crippen LogP contribution in [0.15, 0.2) is 18.2 Å². The molecule has 1 heterocycles. The van der Waals surface area contributed by atoms with Crippen LogP contribution in [0, 0.1) is 23.7 Å². The number of phenolic OH excluding ortho intramolecular Hbond substituents is 2. The van der Waals surface area contributed by atoms with Crippen molar-refractivity contribution in [2.24, 2.45) is 23.7 Å². The Hall–Kier alpha value is -2.12. The summed E-state index contributed by atoms with van der Waals surface area (Å²) in [6.45, 7) is 6.19. The van der Waals surface area contributed by atoms with Gasteiger partial charge in [0.1, 0.15) is 23.4 Å². The fraction of sp³-hybridized carbons (Fsp3) is 0.579. The van der Waals surface area contributed by atoms with Crippen molar-refractivity contribution in [3.63, 3.8) is 0 Å². The number of aliphatic hydroxyl groups is 2. The van der Waals surface area contributed by atoms with Crippen LogP contribution in [0.2, 0.25) is 0 Å². The molecule has 1 aromatic rings. The minimum atomic E-state index is -1.24. The quantitative estimate of drug-likeness (QED) is 0.556. The third-order valence-corrected chi connectivity index (χ3v) is 5.32. The van der Waals surface area contributed by atoms with Gasteiger partial charge in [0.25, 0.3) is 0 Å². The van der Waals surface area contributed by atoms with E-state index in [1.165, 1.54) is 26.0 Å². The molecular formula is C19H26O7. The van der Waals surface area contributed by atoms with E-state index in [2.05, 4.69) is 0 Å². The maximum Gasteiger partial charge on any atom is 0.311 e. The van der Waals surface area contributed by atoms with E-state index >= 15 is 0 Å². The third kappa shape index (κ3) is 3.83. The average molecular weight is 366 g/mol. The summed E-state index contributed by atoms with van der Waals surface area (Å²) in [4.78, 5) is 25.1. The Bertz CT molecular complexity index is 666. The van der Waals surface area contributed by atoms with Crippen molar-refractivity contribution < 1.29 is 34.8 Å². The lowest BCUT2D eigenvalue weighted by molar-refractivity contribution is -0.168. The van der Waals surface area contributed by atoms with Gasteiger partial charge in [-0.05, 0) is 19.1 Å². The summed E-state index contributed by atoms with van der Waals surface area (Å²) in [6, 6.07) is 3.78. The van der Waals surface area contributed by atoms with Crippen molar-refractivity contribution in [2.75, 3.05) is 0 Å². The first-order valence-electron chi connectivity index (χ1n) is 8.67. The van der Waals surface area contributed by atoms with Crippen LogP contribution in [0.25, 0.3) is 0 Å². The Balaban J connectivity index is 2.50. The Labute approximate surface area is 152 Å². The molecule has 0 radical (unpaired) electrons. The van der Waals surface area contributed by atoms with E-state index in [9.17, 15) is 30.0 Å². The zero-order chi connectivity index (χ0) is 19.8. The normalized spacial score (nSPS) is 36.5. The maximum absolute atomic E-state index is 12.6. The molecule has 1 saturated heterocycles. The fourth-order valence-electron chi connectivity index (χ4n) is 3.45. The minimum absolute atomic E-state index is 0.222.